The van der Waals surface area contributed by atoms with E-state index in [1.807, 2.05) is 6.07 Å². The molecule has 0 aliphatic carbocycles. The highest BCUT2D eigenvalue weighted by Crippen LogP contribution is 2.32. The first-order valence-electron chi connectivity index (χ1n) is 7.30. The zero-order chi connectivity index (χ0) is 18.2. The number of nitriles is 1. The molecule has 1 aromatic carbocycles. The first-order valence-corrected chi connectivity index (χ1v) is 9.49. The van der Waals surface area contributed by atoms with Crippen LogP contribution in [0.15, 0.2) is 35.4 Å². The van der Waals surface area contributed by atoms with E-state index in [0.29, 0.717) is 22.0 Å². The van der Waals surface area contributed by atoms with Crippen molar-refractivity contribution < 1.29 is 13.2 Å². The van der Waals surface area contributed by atoms with Gasteiger partial charge in [0.2, 0.25) is 15.9 Å². The minimum atomic E-state index is -3.71. The molecular formula is C16H13Cl2N3O3S. The van der Waals surface area contributed by atoms with E-state index in [1.165, 1.54) is 22.6 Å². The summed E-state index contributed by atoms with van der Waals surface area (Å²) in [5, 5.41) is 9.24. The monoisotopic (exact) mass is 397 g/mol. The van der Waals surface area contributed by atoms with Crippen molar-refractivity contribution in [3.05, 3.63) is 51.6 Å². The molecule has 1 aliphatic rings. The average molecular weight is 398 g/mol. The molecular weight excluding hydrogens is 385 g/mol. The van der Waals surface area contributed by atoms with Crippen molar-refractivity contribution >= 4 is 33.2 Å². The van der Waals surface area contributed by atoms with Gasteiger partial charge in [-0.15, -0.1) is 0 Å². The summed E-state index contributed by atoms with van der Waals surface area (Å²) in [6.45, 7) is 2.11. The van der Waals surface area contributed by atoms with E-state index >= 15 is 0 Å². The van der Waals surface area contributed by atoms with Crippen molar-refractivity contribution in [2.24, 2.45) is 0 Å². The van der Waals surface area contributed by atoms with Crippen molar-refractivity contribution in [2.75, 3.05) is 13.1 Å². The Morgan fingerprint density at radius 1 is 1.28 bits per heavy atom. The summed E-state index contributed by atoms with van der Waals surface area (Å²) < 4.78 is 32.2. The summed E-state index contributed by atoms with van der Waals surface area (Å²) in [5.74, 6) is 0.349. The van der Waals surface area contributed by atoms with Crippen LogP contribution in [-0.4, -0.2) is 36.9 Å². The van der Waals surface area contributed by atoms with E-state index in [0.717, 1.165) is 0 Å². The lowest BCUT2D eigenvalue weighted by Gasteiger charge is -2.37. The third kappa shape index (κ3) is 3.58. The molecule has 0 N–H and O–H groups in total. The fourth-order valence-corrected chi connectivity index (χ4v) is 4.64. The number of sulfonamides is 1. The van der Waals surface area contributed by atoms with E-state index in [-0.39, 0.29) is 29.1 Å². The third-order valence-electron chi connectivity index (χ3n) is 3.80. The van der Waals surface area contributed by atoms with Crippen LogP contribution < -0.4 is 4.74 Å². The Labute approximate surface area is 155 Å². The van der Waals surface area contributed by atoms with Gasteiger partial charge >= 0.3 is 0 Å². The summed E-state index contributed by atoms with van der Waals surface area (Å²) >= 11 is 12.0. The maximum atomic E-state index is 12.7. The minimum Gasteiger partial charge on any atom is -0.472 e. The van der Waals surface area contributed by atoms with Crippen molar-refractivity contribution in [2.45, 2.75) is 17.9 Å². The van der Waals surface area contributed by atoms with E-state index in [1.54, 1.807) is 19.1 Å². The van der Waals surface area contributed by atoms with Crippen LogP contribution in [0.1, 0.15) is 11.1 Å². The molecule has 1 aromatic heterocycles. The molecule has 0 radical (unpaired) electrons. The summed E-state index contributed by atoms with van der Waals surface area (Å²) in [7, 11) is -3.71. The second-order valence-corrected chi connectivity index (χ2v) is 8.31. The first kappa shape index (κ1) is 18.0. The molecule has 130 valence electrons. The van der Waals surface area contributed by atoms with Gasteiger partial charge < -0.3 is 4.74 Å². The molecule has 3 rings (SSSR count). The van der Waals surface area contributed by atoms with Crippen LogP contribution in [0.2, 0.25) is 10.0 Å². The number of aromatic nitrogens is 1. The van der Waals surface area contributed by atoms with Crippen molar-refractivity contribution in [3.63, 3.8) is 0 Å². The second-order valence-electron chi connectivity index (χ2n) is 5.59. The van der Waals surface area contributed by atoms with Crippen molar-refractivity contribution in [1.29, 1.82) is 5.26 Å². The minimum absolute atomic E-state index is 0.0333. The first-order chi connectivity index (χ1) is 11.8. The molecule has 25 heavy (non-hydrogen) atoms. The number of halogens is 2. The third-order valence-corrected chi connectivity index (χ3v) is 6.50. The van der Waals surface area contributed by atoms with Crippen LogP contribution in [0.25, 0.3) is 0 Å². The lowest BCUT2D eigenvalue weighted by molar-refractivity contribution is 0.0721. The molecule has 0 amide bonds. The molecule has 1 aliphatic heterocycles. The summed E-state index contributed by atoms with van der Waals surface area (Å²) in [6, 6.07) is 8.03. The van der Waals surface area contributed by atoms with Gasteiger partial charge in [0.25, 0.3) is 0 Å². The summed E-state index contributed by atoms with van der Waals surface area (Å²) in [5.41, 5.74) is 1.07. The summed E-state index contributed by atoms with van der Waals surface area (Å²) in [6.07, 6.45) is 1.10. The van der Waals surface area contributed by atoms with Crippen LogP contribution >= 0.6 is 23.2 Å². The van der Waals surface area contributed by atoms with Gasteiger partial charge in [-0.3, -0.25) is 0 Å². The number of hydrogen-bond donors (Lipinski definition) is 0. The SMILES string of the molecule is Cc1cc(S(=O)(=O)N2CC(Oc3ccc(C#N)cn3)C2)c(Cl)cc1Cl. The van der Waals surface area contributed by atoms with Gasteiger partial charge in [0.1, 0.15) is 17.1 Å². The predicted molar refractivity (Wildman–Crippen MR) is 93.3 cm³/mol. The highest BCUT2D eigenvalue weighted by Gasteiger charge is 2.39. The fourth-order valence-electron chi connectivity index (χ4n) is 2.33. The van der Waals surface area contributed by atoms with Crippen LogP contribution in [-0.2, 0) is 10.0 Å². The Bertz CT molecular complexity index is 950. The molecule has 0 bridgehead atoms. The quantitative estimate of drug-likeness (QED) is 0.791. The zero-order valence-electron chi connectivity index (χ0n) is 13.1. The van der Waals surface area contributed by atoms with Crippen LogP contribution in [0.3, 0.4) is 0 Å². The van der Waals surface area contributed by atoms with Gasteiger partial charge in [0.15, 0.2) is 0 Å². The predicted octanol–water partition coefficient (Wildman–Crippen LogP) is 3.02. The number of ether oxygens (including phenoxy) is 1. The summed E-state index contributed by atoms with van der Waals surface area (Å²) in [4.78, 5) is 4.04. The lowest BCUT2D eigenvalue weighted by Crippen LogP contribution is -2.56. The fraction of sp³-hybridized carbons (Fsp3) is 0.250. The molecule has 1 saturated heterocycles. The smallest absolute Gasteiger partial charge is 0.244 e. The molecule has 0 atom stereocenters. The van der Waals surface area contributed by atoms with Gasteiger partial charge in [-0.2, -0.15) is 9.57 Å². The highest BCUT2D eigenvalue weighted by atomic mass is 35.5. The number of aryl methyl sites for hydroxylation is 1. The van der Waals surface area contributed by atoms with E-state index in [9.17, 15) is 8.42 Å². The van der Waals surface area contributed by atoms with E-state index in [4.69, 9.17) is 33.2 Å². The normalized spacial score (nSPS) is 15.4. The molecule has 2 heterocycles. The van der Waals surface area contributed by atoms with Gasteiger partial charge in [-0.25, -0.2) is 13.4 Å². The Kier molecular flexibility index (Phi) is 4.89. The molecule has 0 unspecified atom stereocenters. The molecule has 0 saturated carbocycles. The Balaban J connectivity index is 1.69. The average Bonchev–Trinajstić information content (AvgIpc) is 2.54. The zero-order valence-corrected chi connectivity index (χ0v) is 15.4. The largest absolute Gasteiger partial charge is 0.472 e. The molecule has 2 aromatic rings. The Morgan fingerprint density at radius 3 is 2.60 bits per heavy atom. The van der Waals surface area contributed by atoms with E-state index in [2.05, 4.69) is 4.98 Å². The second kappa shape index (κ2) is 6.81. The van der Waals surface area contributed by atoms with Gasteiger partial charge in [-0.05, 0) is 30.7 Å². The number of nitrogens with zero attached hydrogens (tertiary/aromatic N) is 3. The lowest BCUT2D eigenvalue weighted by atomic mass is 10.2. The maximum Gasteiger partial charge on any atom is 0.244 e. The number of pyridine rings is 1. The van der Waals surface area contributed by atoms with Gasteiger partial charge in [-0.1, -0.05) is 23.2 Å². The molecule has 1 fully saturated rings. The number of benzene rings is 1. The topological polar surface area (TPSA) is 83.3 Å². The van der Waals surface area contributed by atoms with Crippen LogP contribution in [0.4, 0.5) is 0 Å². The van der Waals surface area contributed by atoms with Gasteiger partial charge in [0, 0.05) is 17.3 Å². The van der Waals surface area contributed by atoms with Gasteiger partial charge in [0.05, 0.1) is 23.7 Å². The molecule has 0 spiro atoms. The molecule has 6 nitrogen and oxygen atoms in total. The number of hydrogen-bond acceptors (Lipinski definition) is 5. The van der Waals surface area contributed by atoms with Crippen LogP contribution in [0, 0.1) is 18.3 Å². The Hall–Kier alpha value is -1.85. The van der Waals surface area contributed by atoms with Crippen LogP contribution in [0.5, 0.6) is 5.88 Å². The Morgan fingerprint density at radius 2 is 2.00 bits per heavy atom. The van der Waals surface area contributed by atoms with Crippen molar-refractivity contribution in [1.82, 2.24) is 9.29 Å². The van der Waals surface area contributed by atoms with Crippen molar-refractivity contribution in [3.8, 4) is 11.9 Å². The highest BCUT2D eigenvalue weighted by molar-refractivity contribution is 7.89. The maximum absolute atomic E-state index is 12.7. The standard InChI is InChI=1S/C16H13Cl2N3O3S/c1-10-4-15(14(18)5-13(10)17)25(22,23)21-8-12(9-21)24-16-3-2-11(6-19)7-20-16/h2-5,7,12H,8-9H2,1H3. The number of rotatable bonds is 4. The van der Waals surface area contributed by atoms with E-state index < -0.39 is 10.0 Å². The molecule has 9 heteroatoms.